The zero-order valence-electron chi connectivity index (χ0n) is 7.26. The number of halogens is 3. The van der Waals surface area contributed by atoms with Crippen LogP contribution in [-0.4, -0.2) is 9.97 Å². The number of nitrogens with one attached hydrogen (secondary N) is 1. The number of aromatic amines is 1. The second-order valence-corrected chi connectivity index (χ2v) is 2.93. The smallest absolute Gasteiger partial charge is 0.359 e. The highest BCUT2D eigenvalue weighted by atomic mass is 19.4. The molecule has 0 fully saturated rings. The van der Waals surface area contributed by atoms with E-state index in [0.29, 0.717) is 0 Å². The van der Waals surface area contributed by atoms with E-state index in [0.717, 1.165) is 12.3 Å². The van der Waals surface area contributed by atoms with E-state index in [1.54, 1.807) is 0 Å². The molecular weight excluding hydrogens is 207 g/mol. The molecule has 0 spiro atoms. The zero-order chi connectivity index (χ0) is 11.1. The van der Waals surface area contributed by atoms with Crippen LogP contribution in [0, 0.1) is 11.3 Å². The Balaban J connectivity index is 2.65. The second kappa shape index (κ2) is 2.98. The number of alkyl halides is 3. The maximum absolute atomic E-state index is 12.3. The van der Waals surface area contributed by atoms with Crippen molar-refractivity contribution in [3.8, 4) is 6.07 Å². The van der Waals surface area contributed by atoms with E-state index in [2.05, 4.69) is 9.97 Å². The van der Waals surface area contributed by atoms with Gasteiger partial charge in [-0.2, -0.15) is 18.4 Å². The van der Waals surface area contributed by atoms with Gasteiger partial charge < -0.3 is 4.98 Å². The number of H-pyrrole nitrogens is 1. The van der Waals surface area contributed by atoms with E-state index in [1.807, 2.05) is 6.07 Å². The lowest BCUT2D eigenvalue weighted by Crippen LogP contribution is -2.05. The zero-order valence-corrected chi connectivity index (χ0v) is 7.26. The molecule has 0 radical (unpaired) electrons. The molecule has 1 N–H and O–H groups in total. The summed E-state index contributed by atoms with van der Waals surface area (Å²) in [5.41, 5.74) is -0.132. The summed E-state index contributed by atoms with van der Waals surface area (Å²) in [6.45, 7) is 0. The average Bonchev–Trinajstić information content (AvgIpc) is 2.58. The Kier molecular flexibility index (Phi) is 1.89. The fourth-order valence-electron chi connectivity index (χ4n) is 1.25. The fraction of sp³-hybridized carbons (Fsp3) is 0.111. The van der Waals surface area contributed by atoms with Gasteiger partial charge in [0.2, 0.25) is 0 Å². The highest BCUT2D eigenvalue weighted by Crippen LogP contribution is 2.30. The Morgan fingerprint density at radius 2 is 2.13 bits per heavy atom. The number of nitriles is 1. The normalized spacial score (nSPS) is 11.6. The Hall–Kier alpha value is -2.03. The minimum atomic E-state index is -4.42. The van der Waals surface area contributed by atoms with Gasteiger partial charge in [0.25, 0.3) is 0 Å². The van der Waals surface area contributed by atoms with Gasteiger partial charge in [0, 0.05) is 12.4 Å². The Labute approximate surface area is 82.2 Å². The lowest BCUT2D eigenvalue weighted by Gasteiger charge is -2.04. The summed E-state index contributed by atoms with van der Waals surface area (Å²) in [5.74, 6) is 0. The molecule has 0 amide bonds. The minimum absolute atomic E-state index is 0.210. The number of fused-ring (bicyclic) bond motifs is 1. The first-order chi connectivity index (χ1) is 7.02. The van der Waals surface area contributed by atoms with Crippen molar-refractivity contribution in [2.45, 2.75) is 6.18 Å². The van der Waals surface area contributed by atoms with Crippen molar-refractivity contribution in [1.29, 1.82) is 5.26 Å². The fourth-order valence-corrected chi connectivity index (χ4v) is 1.25. The Bertz CT molecular complexity index is 548. The van der Waals surface area contributed by atoms with Crippen LogP contribution in [0.4, 0.5) is 13.2 Å². The summed E-state index contributed by atoms with van der Waals surface area (Å²) in [6.07, 6.45) is -2.37. The number of hydrogen-bond acceptors (Lipinski definition) is 2. The van der Waals surface area contributed by atoms with Gasteiger partial charge in [-0.3, -0.25) is 4.98 Å². The molecule has 2 aromatic heterocycles. The highest BCUT2D eigenvalue weighted by Gasteiger charge is 2.31. The van der Waals surface area contributed by atoms with Crippen LogP contribution in [-0.2, 0) is 6.18 Å². The van der Waals surface area contributed by atoms with Crippen LogP contribution in [0.1, 0.15) is 11.1 Å². The predicted octanol–water partition coefficient (Wildman–Crippen LogP) is 2.45. The van der Waals surface area contributed by atoms with E-state index in [4.69, 9.17) is 5.26 Å². The third kappa shape index (κ3) is 1.52. The second-order valence-electron chi connectivity index (χ2n) is 2.93. The molecule has 3 nitrogen and oxygen atoms in total. The van der Waals surface area contributed by atoms with Crippen molar-refractivity contribution in [1.82, 2.24) is 9.97 Å². The predicted molar refractivity (Wildman–Crippen MR) is 45.8 cm³/mol. The van der Waals surface area contributed by atoms with Crippen molar-refractivity contribution in [2.24, 2.45) is 0 Å². The van der Waals surface area contributed by atoms with Crippen LogP contribution >= 0.6 is 0 Å². The Morgan fingerprint density at radius 3 is 2.73 bits per heavy atom. The van der Waals surface area contributed by atoms with E-state index in [1.165, 1.54) is 6.20 Å². The van der Waals surface area contributed by atoms with Crippen molar-refractivity contribution in [3.05, 3.63) is 29.6 Å². The molecule has 0 aromatic carbocycles. The van der Waals surface area contributed by atoms with Crippen LogP contribution in [0.5, 0.6) is 0 Å². The monoisotopic (exact) mass is 211 g/mol. The van der Waals surface area contributed by atoms with Gasteiger partial charge >= 0.3 is 6.18 Å². The van der Waals surface area contributed by atoms with Gasteiger partial charge in [0.15, 0.2) is 0 Å². The van der Waals surface area contributed by atoms with Crippen LogP contribution in [0.15, 0.2) is 18.5 Å². The van der Waals surface area contributed by atoms with Crippen molar-refractivity contribution >= 4 is 11.0 Å². The van der Waals surface area contributed by atoms with Gasteiger partial charge in [-0.05, 0) is 6.07 Å². The van der Waals surface area contributed by atoms with Gasteiger partial charge in [-0.25, -0.2) is 0 Å². The first-order valence-corrected chi connectivity index (χ1v) is 3.97. The standard InChI is InChI=1S/C9H4F3N3/c10-9(11,12)6-1-7-8(15-4-6)5(2-13)3-14-7/h1,3-4,14H. The van der Waals surface area contributed by atoms with Crippen molar-refractivity contribution < 1.29 is 13.2 Å². The van der Waals surface area contributed by atoms with Crippen LogP contribution in [0.3, 0.4) is 0 Å². The maximum Gasteiger partial charge on any atom is 0.417 e. The molecule has 0 bridgehead atoms. The molecule has 2 aromatic rings. The topological polar surface area (TPSA) is 52.5 Å². The molecule has 0 saturated carbocycles. The first-order valence-electron chi connectivity index (χ1n) is 3.97. The van der Waals surface area contributed by atoms with Crippen LogP contribution in [0.25, 0.3) is 11.0 Å². The summed E-state index contributed by atoms with van der Waals surface area (Å²) in [4.78, 5) is 6.17. The number of hydrogen-bond donors (Lipinski definition) is 1. The quantitative estimate of drug-likeness (QED) is 0.727. The minimum Gasteiger partial charge on any atom is -0.359 e. The largest absolute Gasteiger partial charge is 0.417 e. The van der Waals surface area contributed by atoms with Gasteiger partial charge in [0.05, 0.1) is 16.6 Å². The van der Waals surface area contributed by atoms with E-state index in [-0.39, 0.29) is 16.6 Å². The van der Waals surface area contributed by atoms with Crippen LogP contribution in [0.2, 0.25) is 0 Å². The van der Waals surface area contributed by atoms with E-state index >= 15 is 0 Å². The van der Waals surface area contributed by atoms with Crippen LogP contribution < -0.4 is 0 Å². The number of nitrogens with zero attached hydrogens (tertiary/aromatic N) is 2. The molecule has 0 aliphatic rings. The third-order valence-corrected chi connectivity index (χ3v) is 1.96. The molecule has 0 atom stereocenters. The molecule has 76 valence electrons. The average molecular weight is 211 g/mol. The lowest BCUT2D eigenvalue weighted by molar-refractivity contribution is -0.137. The molecule has 0 saturated heterocycles. The molecule has 6 heteroatoms. The molecule has 0 unspecified atom stereocenters. The molecular formula is C9H4F3N3. The third-order valence-electron chi connectivity index (χ3n) is 1.96. The van der Waals surface area contributed by atoms with Gasteiger partial charge in [-0.1, -0.05) is 0 Å². The molecule has 2 heterocycles. The summed E-state index contributed by atoms with van der Waals surface area (Å²) >= 11 is 0. The van der Waals surface area contributed by atoms with E-state index in [9.17, 15) is 13.2 Å². The molecule has 2 rings (SSSR count). The number of pyridine rings is 1. The molecule has 0 aliphatic heterocycles. The van der Waals surface area contributed by atoms with Crippen molar-refractivity contribution in [2.75, 3.05) is 0 Å². The first kappa shape index (κ1) is 9.52. The van der Waals surface area contributed by atoms with Gasteiger partial charge in [-0.15, -0.1) is 0 Å². The summed E-state index contributed by atoms with van der Waals surface area (Å²) in [7, 11) is 0. The Morgan fingerprint density at radius 1 is 1.40 bits per heavy atom. The van der Waals surface area contributed by atoms with Crippen molar-refractivity contribution in [3.63, 3.8) is 0 Å². The summed E-state index contributed by atoms with van der Waals surface area (Å²) in [6, 6.07) is 2.77. The highest BCUT2D eigenvalue weighted by molar-refractivity contribution is 5.81. The maximum atomic E-state index is 12.3. The van der Waals surface area contributed by atoms with E-state index < -0.39 is 11.7 Å². The summed E-state index contributed by atoms with van der Waals surface area (Å²) < 4.78 is 36.9. The number of aromatic nitrogens is 2. The molecule has 15 heavy (non-hydrogen) atoms. The summed E-state index contributed by atoms with van der Waals surface area (Å²) in [5, 5.41) is 8.62. The lowest BCUT2D eigenvalue weighted by atomic mass is 10.2. The number of rotatable bonds is 0. The van der Waals surface area contributed by atoms with Gasteiger partial charge in [0.1, 0.15) is 11.6 Å². The SMILES string of the molecule is N#Cc1c[nH]c2cc(C(F)(F)F)cnc12. The molecule has 0 aliphatic carbocycles.